The molecule has 0 unspecified atom stereocenters. The van der Waals surface area contributed by atoms with Crippen molar-refractivity contribution in [2.24, 2.45) is 12.5 Å². The Labute approximate surface area is 233 Å². The van der Waals surface area contributed by atoms with Gasteiger partial charge in [0.15, 0.2) is 0 Å². The molecule has 3 saturated carbocycles. The van der Waals surface area contributed by atoms with E-state index in [4.69, 9.17) is 4.98 Å². The van der Waals surface area contributed by atoms with Gasteiger partial charge in [-0.1, -0.05) is 36.4 Å². The van der Waals surface area contributed by atoms with Gasteiger partial charge in [-0.25, -0.2) is 13.8 Å². The number of hydrogen-bond acceptors (Lipinski definition) is 2. The molecule has 1 aliphatic heterocycles. The Hall–Kier alpha value is -3.51. The lowest BCUT2D eigenvalue weighted by Crippen LogP contribution is -2.65. The van der Waals surface area contributed by atoms with Gasteiger partial charge in [0.2, 0.25) is 0 Å². The van der Waals surface area contributed by atoms with Crippen molar-refractivity contribution in [3.05, 3.63) is 90.1 Å². The molecule has 2 bridgehead atoms. The van der Waals surface area contributed by atoms with Crippen LogP contribution in [0.1, 0.15) is 49.4 Å². The van der Waals surface area contributed by atoms with E-state index in [1.807, 2.05) is 6.07 Å². The van der Waals surface area contributed by atoms with Gasteiger partial charge in [0.25, 0.3) is 0 Å². The minimum absolute atomic E-state index is 0.151. The molecule has 0 atom stereocenters. The van der Waals surface area contributed by atoms with Crippen molar-refractivity contribution in [3.8, 4) is 11.1 Å². The van der Waals surface area contributed by atoms with Gasteiger partial charge in [-0.3, -0.25) is 4.90 Å². The highest BCUT2D eigenvalue weighted by Gasteiger charge is 2.69. The van der Waals surface area contributed by atoms with E-state index in [0.717, 1.165) is 80.3 Å². The number of hydrogen-bond donors (Lipinski definition) is 0. The molecule has 6 heteroatoms. The summed E-state index contributed by atoms with van der Waals surface area (Å²) in [6.07, 6.45) is 6.43. The molecule has 204 valence electrons. The minimum Gasteiger partial charge on any atom is -0.350 e. The summed E-state index contributed by atoms with van der Waals surface area (Å²) in [5.74, 6) is 1.42. The zero-order chi connectivity index (χ0) is 27.1. The van der Waals surface area contributed by atoms with Gasteiger partial charge in [-0.05, 0) is 92.1 Å². The number of aryl methyl sites for hydroxylation is 1. The van der Waals surface area contributed by atoms with Gasteiger partial charge < -0.3 is 9.13 Å². The third-order valence-electron chi connectivity index (χ3n) is 9.80. The van der Waals surface area contributed by atoms with Crippen LogP contribution in [0.3, 0.4) is 0 Å². The minimum atomic E-state index is -0.870. The highest BCUT2D eigenvalue weighted by atomic mass is 19.1. The monoisotopic (exact) mass is 536 g/mol. The zero-order valence-electron chi connectivity index (χ0n) is 22.9. The summed E-state index contributed by atoms with van der Waals surface area (Å²) in [5.41, 5.74) is 5.99. The van der Waals surface area contributed by atoms with Crippen LogP contribution >= 0.6 is 0 Å². The topological polar surface area (TPSA) is 26.0 Å². The molecule has 1 saturated heterocycles. The summed E-state index contributed by atoms with van der Waals surface area (Å²) in [5, 5.41) is 1.15. The number of alkyl halides is 1. The van der Waals surface area contributed by atoms with Crippen LogP contribution < -0.4 is 0 Å². The first-order valence-electron chi connectivity index (χ1n) is 14.6. The Kier molecular flexibility index (Phi) is 5.31. The molecule has 0 spiro atoms. The van der Waals surface area contributed by atoms with E-state index in [9.17, 15) is 8.78 Å². The Morgan fingerprint density at radius 2 is 1.73 bits per heavy atom. The van der Waals surface area contributed by atoms with E-state index >= 15 is 0 Å². The maximum Gasteiger partial charge on any atom is 0.123 e. The van der Waals surface area contributed by atoms with Gasteiger partial charge in [0, 0.05) is 48.7 Å². The Morgan fingerprint density at radius 1 is 0.925 bits per heavy atom. The fraction of sp³-hybridized carbons (Fsp3) is 0.382. The van der Waals surface area contributed by atoms with Crippen LogP contribution in [0.15, 0.2) is 72.9 Å². The fourth-order valence-corrected chi connectivity index (χ4v) is 7.96. The van der Waals surface area contributed by atoms with Gasteiger partial charge in [-0.2, -0.15) is 0 Å². The molecule has 9 rings (SSSR count). The second-order valence-corrected chi connectivity index (χ2v) is 12.8. The second kappa shape index (κ2) is 8.74. The maximum atomic E-state index is 14.3. The third kappa shape index (κ3) is 3.91. The van der Waals surface area contributed by atoms with Crippen LogP contribution in [-0.4, -0.2) is 37.8 Å². The smallest absolute Gasteiger partial charge is 0.123 e. The molecule has 5 aromatic rings. The van der Waals surface area contributed by atoms with Crippen LogP contribution in [0.2, 0.25) is 0 Å². The van der Waals surface area contributed by atoms with Crippen LogP contribution in [-0.2, 0) is 20.1 Å². The molecular formula is C34H34F2N4. The predicted octanol–water partition coefficient (Wildman–Crippen LogP) is 7.61. The molecule has 0 N–H and O–H groups in total. The number of piperidine rings is 1. The molecule has 4 nitrogen and oxygen atoms in total. The molecule has 4 fully saturated rings. The van der Waals surface area contributed by atoms with E-state index in [-0.39, 0.29) is 11.2 Å². The highest BCUT2D eigenvalue weighted by Crippen LogP contribution is 2.70. The van der Waals surface area contributed by atoms with Crippen LogP contribution in [0, 0.1) is 11.2 Å². The number of imidazole rings is 1. The van der Waals surface area contributed by atoms with Crippen molar-refractivity contribution in [2.45, 2.75) is 56.8 Å². The van der Waals surface area contributed by atoms with Crippen molar-refractivity contribution < 1.29 is 8.78 Å². The van der Waals surface area contributed by atoms with Crippen molar-refractivity contribution in [2.75, 3.05) is 13.1 Å². The molecule has 2 aromatic heterocycles. The summed E-state index contributed by atoms with van der Waals surface area (Å²) >= 11 is 0. The maximum absolute atomic E-state index is 14.3. The highest BCUT2D eigenvalue weighted by molar-refractivity contribution is 5.96. The number of aromatic nitrogens is 3. The second-order valence-electron chi connectivity index (χ2n) is 12.8. The largest absolute Gasteiger partial charge is 0.350 e. The first-order chi connectivity index (χ1) is 19.4. The van der Waals surface area contributed by atoms with E-state index in [1.54, 1.807) is 12.1 Å². The predicted molar refractivity (Wildman–Crippen MR) is 155 cm³/mol. The van der Waals surface area contributed by atoms with Crippen molar-refractivity contribution in [1.29, 1.82) is 0 Å². The van der Waals surface area contributed by atoms with Crippen molar-refractivity contribution >= 4 is 21.9 Å². The van der Waals surface area contributed by atoms with Crippen molar-refractivity contribution in [1.82, 2.24) is 19.0 Å². The zero-order valence-corrected chi connectivity index (χ0v) is 22.9. The summed E-state index contributed by atoms with van der Waals surface area (Å²) in [7, 11) is 2.06. The number of benzene rings is 3. The summed E-state index contributed by atoms with van der Waals surface area (Å²) in [6.45, 7) is 3.89. The van der Waals surface area contributed by atoms with Gasteiger partial charge >= 0.3 is 0 Å². The number of nitrogens with zero attached hydrogens (tertiary/aromatic N) is 4. The average molecular weight is 537 g/mol. The van der Waals surface area contributed by atoms with E-state index < -0.39 is 5.67 Å². The van der Waals surface area contributed by atoms with Crippen LogP contribution in [0.5, 0.6) is 0 Å². The van der Waals surface area contributed by atoms with Crippen molar-refractivity contribution in [3.63, 3.8) is 0 Å². The van der Waals surface area contributed by atoms with Crippen LogP contribution in [0.4, 0.5) is 8.78 Å². The quantitative estimate of drug-likeness (QED) is 0.223. The first kappa shape index (κ1) is 24.3. The van der Waals surface area contributed by atoms with E-state index in [1.165, 1.54) is 28.5 Å². The molecule has 40 heavy (non-hydrogen) atoms. The first-order valence-corrected chi connectivity index (χ1v) is 14.6. The summed E-state index contributed by atoms with van der Waals surface area (Å²) in [6, 6.07) is 22.0. The van der Waals surface area contributed by atoms with Gasteiger partial charge in [0.05, 0.1) is 11.0 Å². The van der Waals surface area contributed by atoms with E-state index in [2.05, 4.69) is 69.7 Å². The van der Waals surface area contributed by atoms with Crippen LogP contribution in [0.25, 0.3) is 33.1 Å². The van der Waals surface area contributed by atoms with Gasteiger partial charge in [0.1, 0.15) is 17.3 Å². The third-order valence-corrected chi connectivity index (χ3v) is 9.80. The normalized spacial score (nSPS) is 24.9. The number of halogens is 2. The SMILES string of the molecule is Cn1cc(-c2cccc(F)c2)c2ccc(CN3CCC(c4nc5ccccc5n4CC45CC(F)(C4)C5)CC3)cc21. The lowest BCUT2D eigenvalue weighted by Gasteiger charge is -2.66. The standard InChI is InChI=1S/C34H34F2N4/c1-38-18-28(25-5-4-6-26(35)16-25)27-10-9-23(15-31(27)38)17-39-13-11-24(12-14-39)32-37-29-7-2-3-8-30(29)40(32)22-33-19-34(36,20-33)21-33/h2-10,15-16,18,24H,11-14,17,19-22H2,1H3. The molecule has 0 amide bonds. The average Bonchev–Trinajstić information content (AvgIpc) is 3.45. The van der Waals surface area contributed by atoms with Gasteiger partial charge in [-0.15, -0.1) is 0 Å². The number of fused-ring (bicyclic) bond motifs is 2. The fourth-order valence-electron chi connectivity index (χ4n) is 7.96. The molecule has 3 aromatic carbocycles. The Bertz CT molecular complexity index is 1740. The number of rotatable bonds is 6. The molecule has 0 radical (unpaired) electrons. The number of para-hydroxylation sites is 2. The van der Waals surface area contributed by atoms with E-state index in [0.29, 0.717) is 5.92 Å². The molecular weight excluding hydrogens is 502 g/mol. The number of likely N-dealkylation sites (tertiary alicyclic amines) is 1. The lowest BCUT2D eigenvalue weighted by molar-refractivity contribution is -0.220. The molecule has 3 heterocycles. The molecule has 4 aliphatic rings. The summed E-state index contributed by atoms with van der Waals surface area (Å²) in [4.78, 5) is 7.67. The molecule has 3 aliphatic carbocycles. The Balaban J connectivity index is 0.990. The summed E-state index contributed by atoms with van der Waals surface area (Å²) < 4.78 is 32.7. The lowest BCUT2D eigenvalue weighted by atomic mass is 9.42. The Morgan fingerprint density at radius 3 is 2.50 bits per heavy atom.